The highest BCUT2D eigenvalue weighted by molar-refractivity contribution is 7.99. The Bertz CT molecular complexity index is 1160. The number of aryl methyl sites for hydroxylation is 1. The molecule has 2 aromatic heterocycles. The molecular weight excluding hydrogens is 388 g/mol. The number of hydrazone groups is 1. The first kappa shape index (κ1) is 18.8. The first-order valence-electron chi connectivity index (χ1n) is 8.86. The Morgan fingerprint density at radius 2 is 2.07 bits per heavy atom. The van der Waals surface area contributed by atoms with Crippen molar-refractivity contribution in [3.8, 4) is 0 Å². The molecule has 0 atom stereocenters. The van der Waals surface area contributed by atoms with Crippen LogP contribution >= 0.6 is 11.8 Å². The monoisotopic (exact) mass is 406 g/mol. The minimum atomic E-state index is -0.128. The van der Waals surface area contributed by atoms with Gasteiger partial charge in [-0.2, -0.15) is 10.1 Å². The predicted octanol–water partition coefficient (Wildman–Crippen LogP) is 4.04. The number of hydrogen-bond acceptors (Lipinski definition) is 7. The number of aromatic amines is 1. The van der Waals surface area contributed by atoms with Crippen molar-refractivity contribution < 1.29 is 9.21 Å². The Morgan fingerprint density at radius 1 is 1.21 bits per heavy atom. The molecule has 0 aliphatic carbocycles. The molecule has 2 heterocycles. The van der Waals surface area contributed by atoms with E-state index in [1.165, 1.54) is 11.8 Å². The predicted molar refractivity (Wildman–Crippen MR) is 114 cm³/mol. The van der Waals surface area contributed by atoms with Crippen LogP contribution in [0.25, 0.3) is 10.8 Å². The molecule has 3 N–H and O–H groups in total. The van der Waals surface area contributed by atoms with Gasteiger partial charge in [-0.3, -0.25) is 4.79 Å². The second-order valence-corrected chi connectivity index (χ2v) is 7.09. The maximum absolute atomic E-state index is 12.3. The number of H-pyrrole nitrogens is 1. The van der Waals surface area contributed by atoms with E-state index in [0.717, 1.165) is 22.2 Å². The maximum atomic E-state index is 12.3. The van der Waals surface area contributed by atoms with E-state index in [2.05, 4.69) is 31.0 Å². The van der Waals surface area contributed by atoms with Crippen LogP contribution in [0.1, 0.15) is 11.5 Å². The van der Waals surface area contributed by atoms with Crippen molar-refractivity contribution in [2.24, 2.45) is 5.10 Å². The van der Waals surface area contributed by atoms with Crippen LogP contribution in [0.4, 0.5) is 11.6 Å². The Hall–Kier alpha value is -3.59. The van der Waals surface area contributed by atoms with E-state index >= 15 is 0 Å². The van der Waals surface area contributed by atoms with Gasteiger partial charge in [0.1, 0.15) is 11.5 Å². The molecule has 0 aliphatic heterocycles. The molecule has 4 rings (SSSR count). The zero-order valence-electron chi connectivity index (χ0n) is 15.5. The summed E-state index contributed by atoms with van der Waals surface area (Å²) in [6.45, 7) is 1.86. The molecule has 2 aromatic carbocycles. The van der Waals surface area contributed by atoms with Crippen LogP contribution < -0.4 is 10.7 Å². The van der Waals surface area contributed by atoms with Crippen LogP contribution in [0.5, 0.6) is 0 Å². The summed E-state index contributed by atoms with van der Waals surface area (Å²) in [6, 6.07) is 17.4. The molecule has 9 heteroatoms. The minimum absolute atomic E-state index is 0.128. The van der Waals surface area contributed by atoms with E-state index in [1.54, 1.807) is 6.21 Å². The second-order valence-electron chi connectivity index (χ2n) is 6.15. The van der Waals surface area contributed by atoms with Crippen LogP contribution in [0.15, 0.2) is 69.3 Å². The molecule has 0 radical (unpaired) electrons. The van der Waals surface area contributed by atoms with Crippen LogP contribution in [0, 0.1) is 6.92 Å². The normalized spacial score (nSPS) is 11.2. The molecule has 0 aliphatic rings. The molecule has 0 spiro atoms. The summed E-state index contributed by atoms with van der Waals surface area (Å²) < 4.78 is 5.38. The Kier molecular flexibility index (Phi) is 5.57. The number of thioether (sulfide) groups is 1. The number of aromatic nitrogens is 3. The molecule has 0 saturated heterocycles. The van der Waals surface area contributed by atoms with Gasteiger partial charge in [0.05, 0.1) is 12.0 Å². The van der Waals surface area contributed by atoms with Crippen molar-refractivity contribution in [2.45, 2.75) is 12.1 Å². The number of carbonyl (C=O) groups is 1. The highest BCUT2D eigenvalue weighted by Gasteiger charge is 2.09. The van der Waals surface area contributed by atoms with E-state index in [1.807, 2.05) is 61.5 Å². The van der Waals surface area contributed by atoms with Crippen molar-refractivity contribution in [3.63, 3.8) is 0 Å². The van der Waals surface area contributed by atoms with Gasteiger partial charge in [0.25, 0.3) is 0 Å². The summed E-state index contributed by atoms with van der Waals surface area (Å²) in [5.74, 6) is 1.88. The highest BCUT2D eigenvalue weighted by atomic mass is 32.2. The third kappa shape index (κ3) is 4.82. The second kappa shape index (κ2) is 8.61. The number of hydrogen-bond donors (Lipinski definition) is 3. The Balaban J connectivity index is 1.30. The van der Waals surface area contributed by atoms with Gasteiger partial charge in [-0.05, 0) is 30.5 Å². The van der Waals surface area contributed by atoms with Crippen LogP contribution in [-0.2, 0) is 4.79 Å². The number of nitrogens with zero attached hydrogens (tertiary/aromatic N) is 3. The average Bonchev–Trinajstić information content (AvgIpc) is 3.36. The molecule has 4 aromatic rings. The lowest BCUT2D eigenvalue weighted by molar-refractivity contribution is -0.113. The quantitative estimate of drug-likeness (QED) is 0.243. The fourth-order valence-electron chi connectivity index (χ4n) is 2.69. The largest absolute Gasteiger partial charge is 0.460 e. The number of benzene rings is 2. The lowest BCUT2D eigenvalue weighted by Gasteiger charge is -2.07. The number of furan rings is 1. The molecule has 0 bridgehead atoms. The standard InChI is InChI=1S/C20H18N6O2S/c1-13-9-10-15(28-13)11-21-24-19-23-20(26-25-19)29-12-18(27)22-17-8-4-6-14-5-2-3-7-16(14)17/h2-11H,12H2,1H3,(H,22,27)(H2,23,24,25,26)/b21-11+. The lowest BCUT2D eigenvalue weighted by atomic mass is 10.1. The third-order valence-electron chi connectivity index (χ3n) is 3.98. The van der Waals surface area contributed by atoms with Crippen molar-refractivity contribution in [3.05, 3.63) is 66.1 Å². The number of carbonyl (C=O) groups excluding carboxylic acids is 1. The van der Waals surface area contributed by atoms with Crippen LogP contribution in [0.3, 0.4) is 0 Å². The molecule has 0 fully saturated rings. The van der Waals surface area contributed by atoms with E-state index in [4.69, 9.17) is 4.42 Å². The topological polar surface area (TPSA) is 108 Å². The van der Waals surface area contributed by atoms with Gasteiger partial charge in [-0.15, -0.1) is 5.10 Å². The summed E-state index contributed by atoms with van der Waals surface area (Å²) in [5.41, 5.74) is 3.52. The molecule has 8 nitrogen and oxygen atoms in total. The summed E-state index contributed by atoms with van der Waals surface area (Å²) >= 11 is 1.23. The molecule has 29 heavy (non-hydrogen) atoms. The van der Waals surface area contributed by atoms with Gasteiger partial charge in [0.15, 0.2) is 0 Å². The minimum Gasteiger partial charge on any atom is -0.460 e. The zero-order chi connectivity index (χ0) is 20.1. The Labute approximate surface area is 170 Å². The first-order chi connectivity index (χ1) is 14.2. The van der Waals surface area contributed by atoms with E-state index in [9.17, 15) is 4.79 Å². The van der Waals surface area contributed by atoms with Gasteiger partial charge >= 0.3 is 0 Å². The van der Waals surface area contributed by atoms with Gasteiger partial charge in [-0.1, -0.05) is 48.2 Å². The fraction of sp³-hybridized carbons (Fsp3) is 0.100. The van der Waals surface area contributed by atoms with Gasteiger partial charge in [-0.25, -0.2) is 10.5 Å². The maximum Gasteiger partial charge on any atom is 0.240 e. The van der Waals surface area contributed by atoms with Crippen molar-refractivity contribution in [1.29, 1.82) is 0 Å². The van der Waals surface area contributed by atoms with Gasteiger partial charge in [0.2, 0.25) is 17.0 Å². The highest BCUT2D eigenvalue weighted by Crippen LogP contribution is 2.23. The van der Waals surface area contributed by atoms with E-state index in [0.29, 0.717) is 16.9 Å². The van der Waals surface area contributed by atoms with Crippen molar-refractivity contribution in [2.75, 3.05) is 16.5 Å². The number of nitrogens with one attached hydrogen (secondary N) is 3. The number of fused-ring (bicyclic) bond motifs is 1. The molecule has 0 unspecified atom stereocenters. The van der Waals surface area contributed by atoms with Gasteiger partial charge in [0, 0.05) is 11.1 Å². The summed E-state index contributed by atoms with van der Waals surface area (Å²) in [7, 11) is 0. The summed E-state index contributed by atoms with van der Waals surface area (Å²) in [6.07, 6.45) is 1.54. The van der Waals surface area contributed by atoms with Crippen molar-refractivity contribution >= 4 is 46.3 Å². The molecular formula is C20H18N6O2S. The zero-order valence-corrected chi connectivity index (χ0v) is 16.4. The van der Waals surface area contributed by atoms with Crippen LogP contribution in [0.2, 0.25) is 0 Å². The van der Waals surface area contributed by atoms with Crippen molar-refractivity contribution in [1.82, 2.24) is 15.2 Å². The number of rotatable bonds is 7. The van der Waals surface area contributed by atoms with Crippen LogP contribution in [-0.4, -0.2) is 33.1 Å². The Morgan fingerprint density at radius 3 is 2.93 bits per heavy atom. The fourth-order valence-corrected chi connectivity index (χ4v) is 3.29. The average molecular weight is 406 g/mol. The van der Waals surface area contributed by atoms with Gasteiger partial charge < -0.3 is 9.73 Å². The smallest absolute Gasteiger partial charge is 0.240 e. The lowest BCUT2D eigenvalue weighted by Crippen LogP contribution is -2.14. The molecule has 0 saturated carbocycles. The summed E-state index contributed by atoms with van der Waals surface area (Å²) in [4.78, 5) is 16.6. The molecule has 1 amide bonds. The summed E-state index contributed by atoms with van der Waals surface area (Å²) in [5, 5.41) is 16.3. The molecule has 146 valence electrons. The first-order valence-corrected chi connectivity index (χ1v) is 9.84. The third-order valence-corrected chi connectivity index (χ3v) is 4.83. The SMILES string of the molecule is Cc1ccc(/C=N/Nc2nc(SCC(=O)Nc3cccc4ccccc34)n[nH]2)o1. The number of anilines is 2. The van der Waals surface area contributed by atoms with E-state index < -0.39 is 0 Å². The number of amides is 1. The van der Waals surface area contributed by atoms with E-state index in [-0.39, 0.29) is 11.7 Å².